The highest BCUT2D eigenvalue weighted by molar-refractivity contribution is 9.10. The fourth-order valence-corrected chi connectivity index (χ4v) is 3.51. The number of methoxy groups -OCH3 is 2. The highest BCUT2D eigenvalue weighted by atomic mass is 79.9. The first-order valence-electron chi connectivity index (χ1n) is 7.99. The molecule has 7 heteroatoms. The second-order valence-corrected chi connectivity index (χ2v) is 6.83. The molecule has 1 amide bonds. The Hall–Kier alpha value is -2.67. The molecule has 1 atom stereocenters. The van der Waals surface area contributed by atoms with Crippen molar-refractivity contribution >= 4 is 33.6 Å². The molecule has 6 nitrogen and oxygen atoms in total. The number of carbonyl (C=O) groups excluding carboxylic acids is 1. The zero-order valence-electron chi connectivity index (χ0n) is 14.2. The molecule has 0 saturated carbocycles. The van der Waals surface area contributed by atoms with Gasteiger partial charge in [0.1, 0.15) is 11.7 Å². The number of amidine groups is 1. The lowest BCUT2D eigenvalue weighted by Gasteiger charge is -2.28. The maximum Gasteiger partial charge on any atom is 0.260 e. The highest BCUT2D eigenvalue weighted by Crippen LogP contribution is 2.40. The molecule has 0 fully saturated rings. The molecule has 2 heterocycles. The smallest absolute Gasteiger partial charge is 0.260 e. The van der Waals surface area contributed by atoms with Crippen LogP contribution in [0.25, 0.3) is 0 Å². The van der Waals surface area contributed by atoms with Crippen LogP contribution in [0.3, 0.4) is 0 Å². The molecule has 2 aliphatic heterocycles. The SMILES string of the molecule is COc1cccc(C2=NC(=O)C3Cc4cc(Br)cc(OC)c4OC3=N2)c1. The van der Waals surface area contributed by atoms with Crippen molar-refractivity contribution in [2.45, 2.75) is 6.42 Å². The summed E-state index contributed by atoms with van der Waals surface area (Å²) in [4.78, 5) is 21.3. The van der Waals surface area contributed by atoms with Crippen LogP contribution in [0.1, 0.15) is 11.1 Å². The topological polar surface area (TPSA) is 69.5 Å². The first-order valence-corrected chi connectivity index (χ1v) is 8.78. The molecule has 2 aromatic carbocycles. The van der Waals surface area contributed by atoms with Gasteiger partial charge in [-0.3, -0.25) is 4.79 Å². The van der Waals surface area contributed by atoms with Crippen LogP contribution in [0.5, 0.6) is 17.2 Å². The average molecular weight is 415 g/mol. The summed E-state index contributed by atoms with van der Waals surface area (Å²) in [5.74, 6) is 1.73. The van der Waals surface area contributed by atoms with E-state index >= 15 is 0 Å². The number of halogens is 1. The van der Waals surface area contributed by atoms with Crippen LogP contribution >= 0.6 is 15.9 Å². The van der Waals surface area contributed by atoms with Gasteiger partial charge in [0.15, 0.2) is 17.3 Å². The fourth-order valence-electron chi connectivity index (χ4n) is 3.02. The molecule has 0 radical (unpaired) electrons. The molecule has 1 unspecified atom stereocenters. The van der Waals surface area contributed by atoms with Crippen LogP contribution in [-0.2, 0) is 11.2 Å². The van der Waals surface area contributed by atoms with E-state index < -0.39 is 5.92 Å². The van der Waals surface area contributed by atoms with Crippen LogP contribution in [0.4, 0.5) is 0 Å². The maximum absolute atomic E-state index is 12.6. The molecule has 0 N–H and O–H groups in total. The summed E-state index contributed by atoms with van der Waals surface area (Å²) in [5, 5.41) is 0. The van der Waals surface area contributed by atoms with Gasteiger partial charge >= 0.3 is 0 Å². The molecular formula is C19H15BrN2O4. The van der Waals surface area contributed by atoms with E-state index in [9.17, 15) is 4.79 Å². The number of nitrogens with zero attached hydrogens (tertiary/aromatic N) is 2. The van der Waals surface area contributed by atoms with Crippen molar-refractivity contribution in [3.63, 3.8) is 0 Å². The van der Waals surface area contributed by atoms with Crippen molar-refractivity contribution in [1.29, 1.82) is 0 Å². The largest absolute Gasteiger partial charge is 0.497 e. The van der Waals surface area contributed by atoms with E-state index in [0.717, 1.165) is 10.0 Å². The lowest BCUT2D eigenvalue weighted by atomic mass is 9.93. The number of amides is 1. The Balaban J connectivity index is 1.75. The minimum atomic E-state index is -0.518. The van der Waals surface area contributed by atoms with Gasteiger partial charge in [-0.1, -0.05) is 28.1 Å². The normalized spacial score (nSPS) is 18.1. The van der Waals surface area contributed by atoms with E-state index in [-0.39, 0.29) is 5.91 Å². The van der Waals surface area contributed by atoms with Gasteiger partial charge < -0.3 is 14.2 Å². The van der Waals surface area contributed by atoms with Crippen LogP contribution in [0, 0.1) is 5.92 Å². The lowest BCUT2D eigenvalue weighted by Crippen LogP contribution is -2.37. The van der Waals surface area contributed by atoms with E-state index in [4.69, 9.17) is 14.2 Å². The number of rotatable bonds is 3. The third kappa shape index (κ3) is 2.88. The Morgan fingerprint density at radius 1 is 1.15 bits per heavy atom. The van der Waals surface area contributed by atoms with Gasteiger partial charge in [0, 0.05) is 15.6 Å². The van der Waals surface area contributed by atoms with Crippen molar-refractivity contribution in [3.05, 3.63) is 52.0 Å². The minimum Gasteiger partial charge on any atom is -0.497 e. The Kier molecular flexibility index (Phi) is 4.24. The maximum atomic E-state index is 12.6. The number of aliphatic imine (C=N–C) groups is 2. The molecule has 0 spiro atoms. The molecule has 4 rings (SSSR count). The third-order valence-electron chi connectivity index (χ3n) is 4.30. The zero-order valence-corrected chi connectivity index (χ0v) is 15.7. The van der Waals surface area contributed by atoms with Gasteiger partial charge in [0.05, 0.1) is 14.2 Å². The summed E-state index contributed by atoms with van der Waals surface area (Å²) in [6.45, 7) is 0. The second-order valence-electron chi connectivity index (χ2n) is 5.91. The molecule has 0 saturated heterocycles. The van der Waals surface area contributed by atoms with Gasteiger partial charge in [0.2, 0.25) is 5.90 Å². The monoisotopic (exact) mass is 414 g/mol. The predicted molar refractivity (Wildman–Crippen MR) is 100 cm³/mol. The number of fused-ring (bicyclic) bond motifs is 2. The van der Waals surface area contributed by atoms with Gasteiger partial charge in [-0.05, 0) is 30.7 Å². The van der Waals surface area contributed by atoms with Gasteiger partial charge in [-0.25, -0.2) is 0 Å². The molecule has 2 aromatic rings. The number of hydrogen-bond donors (Lipinski definition) is 0. The van der Waals surface area contributed by atoms with Crippen LogP contribution < -0.4 is 14.2 Å². The van der Waals surface area contributed by atoms with Crippen molar-refractivity contribution in [3.8, 4) is 17.2 Å². The first-order chi connectivity index (χ1) is 12.6. The zero-order chi connectivity index (χ0) is 18.3. The van der Waals surface area contributed by atoms with Crippen molar-refractivity contribution in [1.82, 2.24) is 0 Å². The van der Waals surface area contributed by atoms with Crippen molar-refractivity contribution in [2.24, 2.45) is 15.9 Å². The molecular weight excluding hydrogens is 400 g/mol. The summed E-state index contributed by atoms with van der Waals surface area (Å²) in [6, 6.07) is 11.0. The molecule has 0 bridgehead atoms. The molecule has 132 valence electrons. The van der Waals surface area contributed by atoms with E-state index in [0.29, 0.717) is 41.0 Å². The van der Waals surface area contributed by atoms with Gasteiger partial charge in [-0.2, -0.15) is 9.98 Å². The second kappa shape index (κ2) is 6.57. The Bertz CT molecular complexity index is 968. The van der Waals surface area contributed by atoms with Crippen molar-refractivity contribution in [2.75, 3.05) is 14.2 Å². The van der Waals surface area contributed by atoms with Crippen LogP contribution in [0.2, 0.25) is 0 Å². The summed E-state index contributed by atoms with van der Waals surface area (Å²) in [5.41, 5.74) is 1.58. The number of benzene rings is 2. The van der Waals surface area contributed by atoms with Crippen molar-refractivity contribution < 1.29 is 19.0 Å². The molecule has 26 heavy (non-hydrogen) atoms. The minimum absolute atomic E-state index is 0.266. The van der Waals surface area contributed by atoms with E-state index in [1.807, 2.05) is 30.3 Å². The lowest BCUT2D eigenvalue weighted by molar-refractivity contribution is -0.120. The molecule has 0 aromatic heterocycles. The Morgan fingerprint density at radius 3 is 2.77 bits per heavy atom. The first kappa shape index (κ1) is 16.8. The highest BCUT2D eigenvalue weighted by Gasteiger charge is 2.37. The molecule has 2 aliphatic rings. The number of ether oxygens (including phenoxy) is 3. The summed E-state index contributed by atoms with van der Waals surface area (Å²) < 4.78 is 17.5. The van der Waals surface area contributed by atoms with Crippen LogP contribution in [-0.4, -0.2) is 31.9 Å². The third-order valence-corrected chi connectivity index (χ3v) is 4.76. The number of carbonyl (C=O) groups is 1. The number of hydrogen-bond acceptors (Lipinski definition) is 5. The summed E-state index contributed by atoms with van der Waals surface area (Å²) in [7, 11) is 3.16. The standard InChI is InChI=1S/C19H15BrN2O4/c1-24-13-5-3-4-10(7-13)17-21-18(23)14-8-11-6-12(20)9-15(25-2)16(11)26-19(14)22-17/h3-7,9,14H,8H2,1-2H3. The Labute approximate surface area is 158 Å². The summed E-state index contributed by atoms with van der Waals surface area (Å²) in [6.07, 6.45) is 0.470. The summed E-state index contributed by atoms with van der Waals surface area (Å²) >= 11 is 3.45. The fraction of sp³-hybridized carbons (Fsp3) is 0.211. The Morgan fingerprint density at radius 2 is 2.00 bits per heavy atom. The predicted octanol–water partition coefficient (Wildman–Crippen LogP) is 3.40. The molecule has 0 aliphatic carbocycles. The van der Waals surface area contributed by atoms with E-state index in [2.05, 4.69) is 25.9 Å². The average Bonchev–Trinajstić information content (AvgIpc) is 2.66. The van der Waals surface area contributed by atoms with E-state index in [1.165, 1.54) is 0 Å². The quantitative estimate of drug-likeness (QED) is 0.771. The van der Waals surface area contributed by atoms with Gasteiger partial charge in [0.25, 0.3) is 5.91 Å². The van der Waals surface area contributed by atoms with E-state index in [1.54, 1.807) is 20.3 Å². The van der Waals surface area contributed by atoms with Crippen LogP contribution in [0.15, 0.2) is 50.9 Å². The van der Waals surface area contributed by atoms with Gasteiger partial charge in [-0.15, -0.1) is 0 Å².